The molecule has 36 heavy (non-hydrogen) atoms. The quantitative estimate of drug-likeness (QED) is 0.488. The normalized spacial score (nSPS) is 18.6. The molecule has 9 heteroatoms. The molecule has 1 aliphatic heterocycles. The molecule has 3 heterocycles. The molecule has 0 bridgehead atoms. The number of H-pyrrole nitrogens is 1. The second kappa shape index (κ2) is 11.2. The first-order valence-electron chi connectivity index (χ1n) is 13.4. The Morgan fingerprint density at radius 1 is 1.19 bits per heavy atom. The Kier molecular flexibility index (Phi) is 7.79. The van der Waals surface area contributed by atoms with Gasteiger partial charge < -0.3 is 9.72 Å². The summed E-state index contributed by atoms with van der Waals surface area (Å²) in [5.41, 5.74) is 2.75. The molecule has 0 amide bonds. The Labute approximate surface area is 212 Å². The fourth-order valence-electron chi connectivity index (χ4n) is 5.86. The van der Waals surface area contributed by atoms with E-state index in [9.17, 15) is 4.79 Å². The number of morpholine rings is 1. The minimum absolute atomic E-state index is 0.00856. The largest absolute Gasteiger partial charge is 0.379 e. The molecular formula is C27H39N7O2. The average molecular weight is 494 g/mol. The molecule has 2 aromatic heterocycles. The molecule has 0 spiro atoms. The molecule has 1 aromatic carbocycles. The topological polar surface area (TPSA) is 92.2 Å². The van der Waals surface area contributed by atoms with Crippen LogP contribution >= 0.6 is 0 Å². The number of rotatable bonds is 9. The number of para-hydroxylation sites is 1. The molecule has 5 rings (SSSR count). The average Bonchev–Trinajstić information content (AvgIpc) is 3.56. The van der Waals surface area contributed by atoms with E-state index < -0.39 is 0 Å². The van der Waals surface area contributed by atoms with E-state index in [0.717, 1.165) is 80.1 Å². The first-order chi connectivity index (χ1) is 17.5. The summed E-state index contributed by atoms with van der Waals surface area (Å²) in [5, 5.41) is 14.2. The predicted molar refractivity (Wildman–Crippen MR) is 140 cm³/mol. The van der Waals surface area contributed by atoms with E-state index in [1.807, 2.05) is 19.1 Å². The van der Waals surface area contributed by atoms with Crippen molar-refractivity contribution in [2.24, 2.45) is 5.92 Å². The van der Waals surface area contributed by atoms with Crippen LogP contribution in [0.5, 0.6) is 0 Å². The van der Waals surface area contributed by atoms with Gasteiger partial charge in [0.2, 0.25) is 0 Å². The number of pyridine rings is 1. The van der Waals surface area contributed by atoms with E-state index >= 15 is 0 Å². The number of hydrogen-bond acceptors (Lipinski definition) is 7. The van der Waals surface area contributed by atoms with Gasteiger partial charge in [0.15, 0.2) is 5.82 Å². The Morgan fingerprint density at radius 3 is 2.72 bits per heavy atom. The molecule has 1 aliphatic carbocycles. The first-order valence-corrected chi connectivity index (χ1v) is 13.4. The summed E-state index contributed by atoms with van der Waals surface area (Å²) in [6.45, 7) is 12.2. The summed E-state index contributed by atoms with van der Waals surface area (Å²) in [5.74, 6) is 1.20. The summed E-state index contributed by atoms with van der Waals surface area (Å²) in [4.78, 5) is 21.2. The van der Waals surface area contributed by atoms with Crippen molar-refractivity contribution in [2.75, 3.05) is 39.4 Å². The molecule has 1 saturated heterocycles. The fraction of sp³-hybridized carbons (Fsp3) is 0.630. The van der Waals surface area contributed by atoms with Crippen LogP contribution in [0.1, 0.15) is 68.6 Å². The number of hydrogen-bond donors (Lipinski definition) is 1. The number of nitrogens with one attached hydrogen (secondary N) is 1. The van der Waals surface area contributed by atoms with Gasteiger partial charge in [-0.25, -0.2) is 4.68 Å². The summed E-state index contributed by atoms with van der Waals surface area (Å²) in [6, 6.07) is 8.58. The molecule has 3 aromatic rings. The number of aryl methyl sites for hydroxylation is 1. The van der Waals surface area contributed by atoms with E-state index in [1.54, 1.807) is 0 Å². The maximum Gasteiger partial charge on any atom is 0.252 e. The van der Waals surface area contributed by atoms with E-state index in [4.69, 9.17) is 4.74 Å². The highest BCUT2D eigenvalue weighted by molar-refractivity contribution is 5.81. The third kappa shape index (κ3) is 5.38. The van der Waals surface area contributed by atoms with Gasteiger partial charge in [-0.2, -0.15) is 0 Å². The van der Waals surface area contributed by atoms with Crippen LogP contribution in [0.3, 0.4) is 0 Å². The number of ether oxygens (including phenoxy) is 1. The van der Waals surface area contributed by atoms with Crippen LogP contribution in [0, 0.1) is 12.8 Å². The lowest BCUT2D eigenvalue weighted by Crippen LogP contribution is -2.44. The van der Waals surface area contributed by atoms with Gasteiger partial charge in [-0.15, -0.1) is 5.10 Å². The maximum atomic E-state index is 13.2. The van der Waals surface area contributed by atoms with E-state index in [2.05, 4.69) is 61.0 Å². The number of aromatic nitrogens is 5. The number of fused-ring (bicyclic) bond motifs is 1. The Bertz CT molecular complexity index is 1210. The van der Waals surface area contributed by atoms with Crippen molar-refractivity contribution in [3.63, 3.8) is 0 Å². The number of aromatic amines is 1. The van der Waals surface area contributed by atoms with Crippen LogP contribution in [-0.2, 0) is 11.3 Å². The van der Waals surface area contributed by atoms with Crippen molar-refractivity contribution >= 4 is 10.9 Å². The Hall–Kier alpha value is -2.62. The lowest BCUT2D eigenvalue weighted by molar-refractivity contribution is 0.0267. The number of benzene rings is 1. The highest BCUT2D eigenvalue weighted by Gasteiger charge is 2.33. The molecule has 2 aliphatic rings. The van der Waals surface area contributed by atoms with Gasteiger partial charge in [0, 0.05) is 38.3 Å². The molecule has 2 fully saturated rings. The SMILES string of the molecule is Cc1cccc2cc(CN(CCN3CCOCC3)C(c3nnnn3C3CCCC3)C(C)C)c(=O)[nH]c12. The van der Waals surface area contributed by atoms with Gasteiger partial charge in [0.1, 0.15) is 0 Å². The first kappa shape index (κ1) is 25.0. The lowest BCUT2D eigenvalue weighted by Gasteiger charge is -2.36. The molecule has 1 saturated carbocycles. The van der Waals surface area contributed by atoms with Crippen molar-refractivity contribution in [3.05, 3.63) is 51.6 Å². The van der Waals surface area contributed by atoms with Crippen molar-refractivity contribution < 1.29 is 4.74 Å². The minimum Gasteiger partial charge on any atom is -0.379 e. The van der Waals surface area contributed by atoms with Crippen molar-refractivity contribution in [1.29, 1.82) is 0 Å². The summed E-state index contributed by atoms with van der Waals surface area (Å²) in [6.07, 6.45) is 4.70. The highest BCUT2D eigenvalue weighted by atomic mass is 16.5. The maximum absolute atomic E-state index is 13.2. The standard InChI is InChI=1S/C27H39N7O2/c1-19(2)25(26-29-30-31-34(26)23-9-4-5-10-23)33(12-11-32-13-15-36-16-14-32)18-22-17-21-8-6-7-20(3)24(21)28-27(22)35/h6-8,17,19,23,25H,4-5,9-16,18H2,1-3H3,(H,28,35). The molecule has 194 valence electrons. The van der Waals surface area contributed by atoms with Crippen LogP contribution in [-0.4, -0.2) is 74.4 Å². The van der Waals surface area contributed by atoms with Crippen molar-refractivity contribution in [3.8, 4) is 0 Å². The molecule has 1 unspecified atom stereocenters. The minimum atomic E-state index is -0.0222. The summed E-state index contributed by atoms with van der Waals surface area (Å²) in [7, 11) is 0. The monoisotopic (exact) mass is 493 g/mol. The number of tetrazole rings is 1. The van der Waals surface area contributed by atoms with Gasteiger partial charge in [0.25, 0.3) is 5.56 Å². The van der Waals surface area contributed by atoms with Gasteiger partial charge in [-0.1, -0.05) is 44.9 Å². The smallest absolute Gasteiger partial charge is 0.252 e. The van der Waals surface area contributed by atoms with Crippen LogP contribution in [0.2, 0.25) is 0 Å². The second-order valence-electron chi connectivity index (χ2n) is 10.7. The molecule has 9 nitrogen and oxygen atoms in total. The Morgan fingerprint density at radius 2 is 1.97 bits per heavy atom. The molecule has 0 radical (unpaired) electrons. The lowest BCUT2D eigenvalue weighted by atomic mass is 9.99. The third-order valence-electron chi connectivity index (χ3n) is 7.82. The predicted octanol–water partition coefficient (Wildman–Crippen LogP) is 3.47. The van der Waals surface area contributed by atoms with Gasteiger partial charge in [-0.3, -0.25) is 14.6 Å². The van der Waals surface area contributed by atoms with Crippen LogP contribution in [0.25, 0.3) is 10.9 Å². The second-order valence-corrected chi connectivity index (χ2v) is 10.7. The Balaban J connectivity index is 1.49. The van der Waals surface area contributed by atoms with Gasteiger partial charge in [0.05, 0.1) is 30.8 Å². The van der Waals surface area contributed by atoms with Crippen LogP contribution in [0.4, 0.5) is 0 Å². The zero-order valence-corrected chi connectivity index (χ0v) is 21.8. The molecule has 1 atom stereocenters. The van der Waals surface area contributed by atoms with E-state index in [1.165, 1.54) is 12.8 Å². The van der Waals surface area contributed by atoms with Gasteiger partial charge >= 0.3 is 0 Å². The van der Waals surface area contributed by atoms with E-state index in [-0.39, 0.29) is 17.5 Å². The fourth-order valence-corrected chi connectivity index (χ4v) is 5.86. The molecular weight excluding hydrogens is 454 g/mol. The van der Waals surface area contributed by atoms with Gasteiger partial charge in [-0.05, 0) is 53.1 Å². The number of nitrogens with zero attached hydrogens (tertiary/aromatic N) is 6. The summed E-state index contributed by atoms with van der Waals surface area (Å²) < 4.78 is 7.63. The zero-order valence-electron chi connectivity index (χ0n) is 21.8. The highest BCUT2D eigenvalue weighted by Crippen LogP contribution is 2.34. The molecule has 1 N–H and O–H groups in total. The van der Waals surface area contributed by atoms with Crippen molar-refractivity contribution in [2.45, 2.75) is 65.1 Å². The third-order valence-corrected chi connectivity index (χ3v) is 7.82. The van der Waals surface area contributed by atoms with E-state index in [0.29, 0.717) is 12.6 Å². The van der Waals surface area contributed by atoms with Crippen molar-refractivity contribution in [1.82, 2.24) is 35.0 Å². The zero-order chi connectivity index (χ0) is 25.1. The van der Waals surface area contributed by atoms with Crippen LogP contribution in [0.15, 0.2) is 29.1 Å². The van der Waals surface area contributed by atoms with Crippen LogP contribution < -0.4 is 5.56 Å². The summed E-state index contributed by atoms with van der Waals surface area (Å²) >= 11 is 0.